The molecule has 0 aromatic heterocycles. The standard InChI is InChI=1S/C48H82O4/c1-3-5-7-9-11-13-15-17-19-21-22-23-24-25-26-27-28-30-32-34-36-38-40-42-44-51-46-47(45-49)52-48(50)43-41-39-37-35-33-31-29-20-18-16-14-12-10-8-6-4-2/h5,7,11,13,17,19-20,22-23,25-26,28-30,47,49H,3-4,6,8-10,12,14-16,18,21,24,27,31-46H2,1-2H3/b7-5-,13-11-,19-17-,23-22-,26-25-,29-20-,30-28-. The second-order valence-corrected chi connectivity index (χ2v) is 14.0. The van der Waals surface area contributed by atoms with Gasteiger partial charge in [0.2, 0.25) is 0 Å². The average molecular weight is 723 g/mol. The third-order valence-electron chi connectivity index (χ3n) is 8.95. The second-order valence-electron chi connectivity index (χ2n) is 14.0. The molecule has 0 radical (unpaired) electrons. The number of unbranched alkanes of at least 4 members (excludes halogenated alkanes) is 17. The Hall–Kier alpha value is -2.43. The van der Waals surface area contributed by atoms with Crippen molar-refractivity contribution in [1.29, 1.82) is 0 Å². The molecule has 0 fully saturated rings. The number of carbonyl (C=O) groups is 1. The molecule has 52 heavy (non-hydrogen) atoms. The van der Waals surface area contributed by atoms with E-state index in [-0.39, 0.29) is 19.2 Å². The van der Waals surface area contributed by atoms with Crippen LogP contribution >= 0.6 is 0 Å². The average Bonchev–Trinajstić information content (AvgIpc) is 3.15. The van der Waals surface area contributed by atoms with Crippen molar-refractivity contribution in [3.8, 4) is 0 Å². The normalized spacial score (nSPS) is 13.2. The van der Waals surface area contributed by atoms with Gasteiger partial charge in [0.05, 0.1) is 13.2 Å². The summed E-state index contributed by atoms with van der Waals surface area (Å²) in [6, 6.07) is 0. The van der Waals surface area contributed by atoms with Gasteiger partial charge in [0.25, 0.3) is 0 Å². The van der Waals surface area contributed by atoms with Gasteiger partial charge in [-0.1, -0.05) is 176 Å². The first-order valence-electron chi connectivity index (χ1n) is 21.7. The Bertz CT molecular complexity index is 938. The van der Waals surface area contributed by atoms with Crippen LogP contribution in [0.1, 0.15) is 187 Å². The lowest BCUT2D eigenvalue weighted by molar-refractivity contribution is -0.154. The van der Waals surface area contributed by atoms with Gasteiger partial charge in [-0.25, -0.2) is 0 Å². The number of hydrogen-bond acceptors (Lipinski definition) is 4. The van der Waals surface area contributed by atoms with E-state index in [9.17, 15) is 9.90 Å². The molecule has 0 aliphatic rings. The maximum absolute atomic E-state index is 12.2. The van der Waals surface area contributed by atoms with Gasteiger partial charge in [-0.15, -0.1) is 0 Å². The minimum absolute atomic E-state index is 0.188. The molecule has 0 saturated carbocycles. The van der Waals surface area contributed by atoms with Crippen molar-refractivity contribution >= 4 is 5.97 Å². The third-order valence-corrected chi connectivity index (χ3v) is 8.95. The predicted octanol–water partition coefficient (Wildman–Crippen LogP) is 14.4. The van der Waals surface area contributed by atoms with Crippen molar-refractivity contribution in [2.45, 2.75) is 193 Å². The number of allylic oxidation sites excluding steroid dienone is 14. The van der Waals surface area contributed by atoms with E-state index < -0.39 is 6.10 Å². The fraction of sp³-hybridized carbons (Fsp3) is 0.688. The molecule has 0 rings (SSSR count). The maximum atomic E-state index is 12.2. The van der Waals surface area contributed by atoms with Gasteiger partial charge in [0.1, 0.15) is 6.10 Å². The number of carbonyl (C=O) groups excluding carboxylic acids is 1. The van der Waals surface area contributed by atoms with Gasteiger partial charge in [0, 0.05) is 13.0 Å². The largest absolute Gasteiger partial charge is 0.457 e. The van der Waals surface area contributed by atoms with E-state index in [1.807, 2.05) is 0 Å². The summed E-state index contributed by atoms with van der Waals surface area (Å²) >= 11 is 0. The highest BCUT2D eigenvalue weighted by Gasteiger charge is 2.13. The molecule has 0 saturated heterocycles. The summed E-state index contributed by atoms with van der Waals surface area (Å²) in [5, 5.41) is 9.60. The zero-order valence-electron chi connectivity index (χ0n) is 34.0. The highest BCUT2D eigenvalue weighted by atomic mass is 16.6. The molecule has 1 unspecified atom stereocenters. The summed E-state index contributed by atoms with van der Waals surface area (Å²) in [6.07, 6.45) is 62.1. The summed E-state index contributed by atoms with van der Waals surface area (Å²) in [7, 11) is 0. The molecule has 0 spiro atoms. The first-order valence-corrected chi connectivity index (χ1v) is 21.7. The van der Waals surface area contributed by atoms with Crippen LogP contribution in [-0.4, -0.2) is 37.0 Å². The Morgan fingerprint density at radius 3 is 1.33 bits per heavy atom. The SMILES string of the molecule is CC/C=C\C/C=C\C/C=C\C/C=C\C/C=C\C/C=C\CCCCCCCOCC(CO)OC(=O)CCCCCCC/C=C\CCCCCCCCC. The molecule has 0 aliphatic carbocycles. The highest BCUT2D eigenvalue weighted by molar-refractivity contribution is 5.69. The lowest BCUT2D eigenvalue weighted by Gasteiger charge is -2.15. The number of ether oxygens (including phenoxy) is 2. The quantitative estimate of drug-likeness (QED) is 0.0390. The Balaban J connectivity index is 3.54. The van der Waals surface area contributed by atoms with E-state index in [4.69, 9.17) is 9.47 Å². The Morgan fingerprint density at radius 2 is 0.865 bits per heavy atom. The molecule has 1 N–H and O–H groups in total. The predicted molar refractivity (Wildman–Crippen MR) is 228 cm³/mol. The van der Waals surface area contributed by atoms with Crippen LogP contribution < -0.4 is 0 Å². The molecule has 1 atom stereocenters. The van der Waals surface area contributed by atoms with Gasteiger partial charge in [0.15, 0.2) is 0 Å². The highest BCUT2D eigenvalue weighted by Crippen LogP contribution is 2.12. The molecule has 0 aliphatic heterocycles. The number of aliphatic hydroxyl groups is 1. The summed E-state index contributed by atoms with van der Waals surface area (Å²) in [5.74, 6) is -0.220. The number of esters is 1. The Morgan fingerprint density at radius 1 is 0.481 bits per heavy atom. The van der Waals surface area contributed by atoms with Crippen molar-refractivity contribution in [2.24, 2.45) is 0 Å². The smallest absolute Gasteiger partial charge is 0.306 e. The third kappa shape index (κ3) is 42.0. The van der Waals surface area contributed by atoms with E-state index in [0.29, 0.717) is 13.0 Å². The maximum Gasteiger partial charge on any atom is 0.306 e. The van der Waals surface area contributed by atoms with Crippen molar-refractivity contribution in [1.82, 2.24) is 0 Å². The van der Waals surface area contributed by atoms with E-state index in [1.54, 1.807) is 0 Å². The van der Waals surface area contributed by atoms with Gasteiger partial charge in [-0.2, -0.15) is 0 Å². The van der Waals surface area contributed by atoms with Crippen LogP contribution in [0.5, 0.6) is 0 Å². The molecule has 0 bridgehead atoms. The van der Waals surface area contributed by atoms with E-state index in [0.717, 1.165) is 77.0 Å². The molecule has 4 nitrogen and oxygen atoms in total. The van der Waals surface area contributed by atoms with Crippen molar-refractivity contribution in [3.05, 3.63) is 85.1 Å². The summed E-state index contributed by atoms with van der Waals surface area (Å²) < 4.78 is 11.1. The summed E-state index contributed by atoms with van der Waals surface area (Å²) in [6.45, 7) is 5.17. The van der Waals surface area contributed by atoms with Crippen LogP contribution in [0.4, 0.5) is 0 Å². The van der Waals surface area contributed by atoms with Crippen molar-refractivity contribution in [3.63, 3.8) is 0 Å². The van der Waals surface area contributed by atoms with Gasteiger partial charge in [-0.3, -0.25) is 4.79 Å². The minimum atomic E-state index is -0.554. The van der Waals surface area contributed by atoms with Gasteiger partial charge in [-0.05, 0) is 89.9 Å². The van der Waals surface area contributed by atoms with E-state index in [2.05, 4.69) is 98.9 Å². The molecule has 0 amide bonds. The minimum Gasteiger partial charge on any atom is -0.457 e. The monoisotopic (exact) mass is 723 g/mol. The van der Waals surface area contributed by atoms with Crippen LogP contribution in [0.25, 0.3) is 0 Å². The number of aliphatic hydroxyl groups excluding tert-OH is 1. The zero-order chi connectivity index (χ0) is 37.7. The molecule has 298 valence electrons. The summed E-state index contributed by atoms with van der Waals surface area (Å²) in [4.78, 5) is 12.2. The lowest BCUT2D eigenvalue weighted by Crippen LogP contribution is -2.27. The molecule has 0 heterocycles. The molecule has 4 heteroatoms. The van der Waals surface area contributed by atoms with Gasteiger partial charge >= 0.3 is 5.97 Å². The molecule has 0 aromatic rings. The van der Waals surface area contributed by atoms with Crippen LogP contribution in [0.2, 0.25) is 0 Å². The summed E-state index contributed by atoms with van der Waals surface area (Å²) in [5.41, 5.74) is 0. The molecular formula is C48H82O4. The second kappa shape index (κ2) is 44.7. The van der Waals surface area contributed by atoms with Crippen LogP contribution in [0.3, 0.4) is 0 Å². The topological polar surface area (TPSA) is 55.8 Å². The van der Waals surface area contributed by atoms with E-state index >= 15 is 0 Å². The fourth-order valence-electron chi connectivity index (χ4n) is 5.74. The Labute approximate surface area is 322 Å². The fourth-order valence-corrected chi connectivity index (χ4v) is 5.74. The lowest BCUT2D eigenvalue weighted by atomic mass is 10.1. The van der Waals surface area contributed by atoms with Crippen LogP contribution in [0, 0.1) is 0 Å². The van der Waals surface area contributed by atoms with Crippen LogP contribution in [0.15, 0.2) is 85.1 Å². The van der Waals surface area contributed by atoms with Crippen LogP contribution in [-0.2, 0) is 14.3 Å². The molecular weight excluding hydrogens is 641 g/mol. The number of rotatable bonds is 39. The van der Waals surface area contributed by atoms with Crippen molar-refractivity contribution in [2.75, 3.05) is 19.8 Å². The van der Waals surface area contributed by atoms with Gasteiger partial charge < -0.3 is 14.6 Å². The number of hydrogen-bond donors (Lipinski definition) is 1. The zero-order valence-corrected chi connectivity index (χ0v) is 34.0. The molecule has 0 aromatic carbocycles. The Kier molecular flexibility index (Phi) is 42.6. The first kappa shape index (κ1) is 49.6. The van der Waals surface area contributed by atoms with Crippen molar-refractivity contribution < 1.29 is 19.4 Å². The van der Waals surface area contributed by atoms with E-state index in [1.165, 1.54) is 89.9 Å². The first-order chi connectivity index (χ1) is 25.7.